The van der Waals surface area contributed by atoms with Crippen LogP contribution < -0.4 is 25.7 Å². The van der Waals surface area contributed by atoms with Crippen molar-refractivity contribution < 1.29 is 42.4 Å². The van der Waals surface area contributed by atoms with Crippen LogP contribution in [-0.2, 0) is 11.3 Å². The van der Waals surface area contributed by atoms with Crippen molar-refractivity contribution in [3.05, 3.63) is 81.2 Å². The Morgan fingerprint density at radius 2 is 1.82 bits per heavy atom. The average Bonchev–Trinajstić information content (AvgIpc) is 2.83. The Labute approximate surface area is 218 Å². The van der Waals surface area contributed by atoms with Gasteiger partial charge >= 0.3 is 18.4 Å². The first kappa shape index (κ1) is 28.2. The minimum atomic E-state index is -4.91. The monoisotopic (exact) mass is 555 g/mol. The summed E-state index contributed by atoms with van der Waals surface area (Å²) in [5, 5.41) is 24.3. The van der Waals surface area contributed by atoms with Crippen molar-refractivity contribution in [1.82, 2.24) is 9.88 Å². The van der Waals surface area contributed by atoms with Gasteiger partial charge in [-0.25, -0.2) is 4.79 Å². The first-order valence-electron chi connectivity index (χ1n) is 10.8. The van der Waals surface area contributed by atoms with Crippen LogP contribution in [0.25, 0.3) is 0 Å². The number of carbonyl (C=O) groups excluding carboxylic acids is 1. The molecule has 38 heavy (non-hydrogen) atoms. The number of methoxy groups -OCH3 is 1. The summed E-state index contributed by atoms with van der Waals surface area (Å²) in [5.74, 6) is -2.00. The highest BCUT2D eigenvalue weighted by Gasteiger charge is 2.31. The van der Waals surface area contributed by atoms with Gasteiger partial charge in [0.15, 0.2) is 5.69 Å². The minimum absolute atomic E-state index is 0.0633. The van der Waals surface area contributed by atoms with Crippen LogP contribution in [0.4, 0.5) is 23.7 Å². The Morgan fingerprint density at radius 1 is 1.13 bits per heavy atom. The standard InChI is InChI=1S/C24H21ClF3N3O7/c1-37-19-4-2-3-16(25)15(19)12-31-10-9-18(32)21(22(31)35)30-23(36)29-17(11-20(33)34)13-5-7-14(8-6-13)38-24(26,27)28/h2-10,17,32H,11-12H2,1H3,(H,33,34)(H2,29,30,36)/t17-/m0/s1. The fraction of sp³-hybridized carbons (Fsp3) is 0.208. The number of hydrogen-bond acceptors (Lipinski definition) is 6. The van der Waals surface area contributed by atoms with E-state index in [2.05, 4.69) is 15.4 Å². The van der Waals surface area contributed by atoms with Crippen LogP contribution >= 0.6 is 11.6 Å². The number of carboxylic acids is 1. The number of anilines is 1. The van der Waals surface area contributed by atoms with Crippen LogP contribution in [0.3, 0.4) is 0 Å². The lowest BCUT2D eigenvalue weighted by molar-refractivity contribution is -0.274. The van der Waals surface area contributed by atoms with Gasteiger partial charge in [-0.1, -0.05) is 29.8 Å². The predicted octanol–water partition coefficient (Wildman–Crippen LogP) is 4.50. The van der Waals surface area contributed by atoms with Crippen molar-refractivity contribution in [2.24, 2.45) is 0 Å². The lowest BCUT2D eigenvalue weighted by Crippen LogP contribution is -2.36. The van der Waals surface area contributed by atoms with E-state index in [4.69, 9.17) is 16.3 Å². The molecule has 3 aromatic rings. The number of aromatic nitrogens is 1. The SMILES string of the molecule is COc1cccc(Cl)c1Cn1ccc(O)c(NC(=O)N[C@@H](CC(=O)O)c2ccc(OC(F)(F)F)cc2)c1=O. The second-order valence-electron chi connectivity index (χ2n) is 7.80. The molecule has 0 aliphatic rings. The van der Waals surface area contributed by atoms with Crippen molar-refractivity contribution in [1.29, 1.82) is 0 Å². The highest BCUT2D eigenvalue weighted by molar-refractivity contribution is 6.31. The molecule has 1 heterocycles. The number of amides is 2. The van der Waals surface area contributed by atoms with Crippen LogP contribution in [0, 0.1) is 0 Å². The van der Waals surface area contributed by atoms with E-state index in [1.165, 1.54) is 13.3 Å². The van der Waals surface area contributed by atoms with Gasteiger partial charge in [-0.2, -0.15) is 0 Å². The molecule has 0 unspecified atom stereocenters. The number of alkyl halides is 3. The van der Waals surface area contributed by atoms with Gasteiger partial charge in [0.05, 0.1) is 26.1 Å². The van der Waals surface area contributed by atoms with E-state index in [9.17, 15) is 37.8 Å². The average molecular weight is 556 g/mol. The number of carbonyl (C=O) groups is 2. The smallest absolute Gasteiger partial charge is 0.505 e. The van der Waals surface area contributed by atoms with Crippen molar-refractivity contribution in [3.63, 3.8) is 0 Å². The molecular weight excluding hydrogens is 535 g/mol. The molecule has 10 nitrogen and oxygen atoms in total. The fourth-order valence-corrected chi connectivity index (χ4v) is 3.72. The van der Waals surface area contributed by atoms with Crippen molar-refractivity contribution in [3.8, 4) is 17.2 Å². The number of ether oxygens (including phenoxy) is 2. The normalized spacial score (nSPS) is 11.9. The summed E-state index contributed by atoms with van der Waals surface area (Å²) in [4.78, 5) is 37.0. The number of benzene rings is 2. The number of rotatable bonds is 9. The number of urea groups is 1. The Balaban J connectivity index is 1.82. The number of hydrogen-bond donors (Lipinski definition) is 4. The Bertz CT molecular complexity index is 1380. The Hall–Kier alpha value is -4.39. The minimum Gasteiger partial charge on any atom is -0.505 e. The number of carboxylic acid groups (broad SMARTS) is 1. The summed E-state index contributed by atoms with van der Waals surface area (Å²) in [5.41, 5.74) is -0.679. The van der Waals surface area contributed by atoms with Gasteiger partial charge in [-0.3, -0.25) is 9.59 Å². The molecule has 2 aromatic carbocycles. The molecule has 0 fully saturated rings. The summed E-state index contributed by atoms with van der Waals surface area (Å²) in [6.07, 6.45) is -4.27. The summed E-state index contributed by atoms with van der Waals surface area (Å²) in [6, 6.07) is 8.04. The third kappa shape index (κ3) is 7.32. The van der Waals surface area contributed by atoms with E-state index >= 15 is 0 Å². The summed E-state index contributed by atoms with van der Waals surface area (Å²) < 4.78 is 47.4. The lowest BCUT2D eigenvalue weighted by Gasteiger charge is -2.19. The summed E-state index contributed by atoms with van der Waals surface area (Å²) >= 11 is 6.23. The molecule has 0 aliphatic heterocycles. The highest BCUT2D eigenvalue weighted by atomic mass is 35.5. The van der Waals surface area contributed by atoms with Crippen LogP contribution in [0.2, 0.25) is 5.02 Å². The van der Waals surface area contributed by atoms with Crippen LogP contribution in [0.15, 0.2) is 59.5 Å². The molecule has 0 radical (unpaired) electrons. The van der Waals surface area contributed by atoms with Gasteiger partial charge in [0.1, 0.15) is 17.2 Å². The van der Waals surface area contributed by atoms with E-state index < -0.39 is 53.6 Å². The molecule has 0 saturated carbocycles. The molecular formula is C24H21ClF3N3O7. The van der Waals surface area contributed by atoms with Crippen LogP contribution in [0.1, 0.15) is 23.6 Å². The summed E-state index contributed by atoms with van der Waals surface area (Å²) in [7, 11) is 1.43. The molecule has 202 valence electrons. The third-order valence-corrected chi connectivity index (χ3v) is 5.56. The number of nitrogens with one attached hydrogen (secondary N) is 2. The number of pyridine rings is 1. The quantitative estimate of drug-likeness (QED) is 0.305. The van der Waals surface area contributed by atoms with Crippen molar-refractivity contribution in [2.75, 3.05) is 12.4 Å². The molecule has 0 bridgehead atoms. The van der Waals surface area contributed by atoms with Gasteiger partial charge in [0, 0.05) is 16.8 Å². The van der Waals surface area contributed by atoms with Crippen molar-refractivity contribution >= 4 is 29.3 Å². The maximum absolute atomic E-state index is 13.0. The van der Waals surface area contributed by atoms with Crippen molar-refractivity contribution in [2.45, 2.75) is 25.4 Å². The summed E-state index contributed by atoms with van der Waals surface area (Å²) in [6.45, 7) is -0.0633. The first-order valence-corrected chi connectivity index (χ1v) is 11.1. The predicted molar refractivity (Wildman–Crippen MR) is 130 cm³/mol. The van der Waals surface area contributed by atoms with Gasteiger partial charge in [-0.15, -0.1) is 13.2 Å². The van der Waals surface area contributed by atoms with Gasteiger partial charge in [-0.05, 0) is 35.9 Å². The van der Waals surface area contributed by atoms with E-state index in [0.717, 1.165) is 34.9 Å². The zero-order valence-corrected chi connectivity index (χ0v) is 20.3. The topological polar surface area (TPSA) is 139 Å². The van der Waals surface area contributed by atoms with Gasteiger partial charge in [0.2, 0.25) is 0 Å². The molecule has 2 amide bonds. The molecule has 0 saturated heterocycles. The second kappa shape index (κ2) is 11.8. The van der Waals surface area contributed by atoms with E-state index in [1.807, 2.05) is 0 Å². The maximum Gasteiger partial charge on any atom is 0.573 e. The number of aliphatic carboxylic acids is 1. The Morgan fingerprint density at radius 3 is 2.42 bits per heavy atom. The number of halogens is 4. The second-order valence-corrected chi connectivity index (χ2v) is 8.20. The molecule has 1 aromatic heterocycles. The van der Waals surface area contributed by atoms with Crippen LogP contribution in [0.5, 0.6) is 17.2 Å². The van der Waals surface area contributed by atoms with E-state index in [0.29, 0.717) is 16.3 Å². The Kier molecular flexibility index (Phi) is 8.73. The zero-order valence-electron chi connectivity index (χ0n) is 19.6. The molecule has 0 spiro atoms. The fourth-order valence-electron chi connectivity index (χ4n) is 3.50. The highest BCUT2D eigenvalue weighted by Crippen LogP contribution is 2.28. The molecule has 3 rings (SSSR count). The first-order chi connectivity index (χ1) is 17.9. The molecule has 14 heteroatoms. The van der Waals surface area contributed by atoms with Crippen LogP contribution in [-0.4, -0.2) is 40.3 Å². The number of aromatic hydroxyl groups is 1. The number of nitrogens with zero attached hydrogens (tertiary/aromatic N) is 1. The van der Waals surface area contributed by atoms with E-state index in [-0.39, 0.29) is 12.1 Å². The van der Waals surface area contributed by atoms with E-state index in [1.54, 1.807) is 18.2 Å². The third-order valence-electron chi connectivity index (χ3n) is 5.21. The molecule has 1 atom stereocenters. The lowest BCUT2D eigenvalue weighted by atomic mass is 10.0. The van der Waals surface area contributed by atoms with Gasteiger partial charge < -0.3 is 34.9 Å². The zero-order chi connectivity index (χ0) is 28.0. The maximum atomic E-state index is 13.0. The largest absolute Gasteiger partial charge is 0.573 e. The molecule has 4 N–H and O–H groups in total. The van der Waals surface area contributed by atoms with Gasteiger partial charge in [0.25, 0.3) is 5.56 Å². The molecule has 0 aliphatic carbocycles.